The minimum absolute atomic E-state index is 0.312. The molecular formula is C14H18O2. The topological polar surface area (TPSA) is 37.3 Å². The van der Waals surface area contributed by atoms with Crippen LogP contribution in [-0.2, 0) is 17.6 Å². The lowest BCUT2D eigenvalue weighted by Gasteiger charge is -2.25. The van der Waals surface area contributed by atoms with Crippen LogP contribution < -0.4 is 0 Å². The molecule has 1 N–H and O–H groups in total. The fraction of sp³-hybridized carbons (Fsp3) is 0.500. The van der Waals surface area contributed by atoms with Crippen LogP contribution >= 0.6 is 0 Å². The highest BCUT2D eigenvalue weighted by atomic mass is 16.4. The molecular weight excluding hydrogens is 200 g/mol. The Hall–Kier alpha value is -1.31. The minimum Gasteiger partial charge on any atom is -0.481 e. The largest absolute Gasteiger partial charge is 0.481 e. The molecule has 0 amide bonds. The molecule has 0 aromatic heterocycles. The normalized spacial score (nSPS) is 19.2. The van der Waals surface area contributed by atoms with E-state index >= 15 is 0 Å². The third kappa shape index (κ3) is 2.26. The van der Waals surface area contributed by atoms with Crippen LogP contribution in [0.5, 0.6) is 0 Å². The molecule has 0 radical (unpaired) electrons. The van der Waals surface area contributed by atoms with E-state index < -0.39 is 5.97 Å². The van der Waals surface area contributed by atoms with E-state index in [0.29, 0.717) is 12.3 Å². The van der Waals surface area contributed by atoms with Crippen molar-refractivity contribution in [3.05, 3.63) is 34.4 Å². The molecule has 1 aliphatic carbocycles. The van der Waals surface area contributed by atoms with E-state index in [9.17, 15) is 4.79 Å². The zero-order valence-corrected chi connectivity index (χ0v) is 9.92. The third-order valence-corrected chi connectivity index (χ3v) is 3.48. The molecule has 1 unspecified atom stereocenters. The lowest BCUT2D eigenvalue weighted by Crippen LogP contribution is -2.18. The van der Waals surface area contributed by atoms with Gasteiger partial charge in [0.2, 0.25) is 0 Å². The maximum Gasteiger partial charge on any atom is 0.303 e. The van der Waals surface area contributed by atoms with E-state index in [1.807, 2.05) is 0 Å². The summed E-state index contributed by atoms with van der Waals surface area (Å²) in [5.41, 5.74) is 5.47. The van der Waals surface area contributed by atoms with Crippen LogP contribution in [-0.4, -0.2) is 11.1 Å². The monoisotopic (exact) mass is 218 g/mol. The molecule has 1 aromatic rings. The number of carboxylic acid groups (broad SMARTS) is 1. The average Bonchev–Trinajstić information content (AvgIpc) is 2.15. The van der Waals surface area contributed by atoms with Gasteiger partial charge in [0, 0.05) is 6.42 Å². The maximum atomic E-state index is 10.7. The van der Waals surface area contributed by atoms with Gasteiger partial charge in [-0.3, -0.25) is 4.79 Å². The van der Waals surface area contributed by atoms with E-state index in [0.717, 1.165) is 19.3 Å². The summed E-state index contributed by atoms with van der Waals surface area (Å²) in [5.74, 6) is -0.343. The molecule has 0 heterocycles. The molecule has 0 aliphatic heterocycles. The first-order valence-electron chi connectivity index (χ1n) is 5.87. The van der Waals surface area contributed by atoms with Crippen LogP contribution in [0.15, 0.2) is 12.1 Å². The first-order chi connectivity index (χ1) is 7.56. The second-order valence-corrected chi connectivity index (χ2v) is 4.93. The summed E-state index contributed by atoms with van der Waals surface area (Å²) >= 11 is 0. The Labute approximate surface area is 96.3 Å². The molecule has 2 heteroatoms. The molecule has 0 spiro atoms. The van der Waals surface area contributed by atoms with Crippen molar-refractivity contribution >= 4 is 5.97 Å². The fourth-order valence-corrected chi connectivity index (χ4v) is 2.81. The maximum absolute atomic E-state index is 10.7. The number of aliphatic carboxylic acids is 1. The molecule has 0 fully saturated rings. The van der Waals surface area contributed by atoms with Crippen molar-refractivity contribution in [3.8, 4) is 0 Å². The quantitative estimate of drug-likeness (QED) is 0.828. The lowest BCUT2D eigenvalue weighted by atomic mass is 9.80. The summed E-state index contributed by atoms with van der Waals surface area (Å²) in [4.78, 5) is 10.7. The highest BCUT2D eigenvalue weighted by molar-refractivity contribution is 5.67. The smallest absolute Gasteiger partial charge is 0.303 e. The van der Waals surface area contributed by atoms with Crippen LogP contribution in [0.3, 0.4) is 0 Å². The number of benzene rings is 1. The van der Waals surface area contributed by atoms with Crippen LogP contribution in [0.25, 0.3) is 0 Å². The van der Waals surface area contributed by atoms with Gasteiger partial charge >= 0.3 is 5.97 Å². The SMILES string of the molecule is Cc1cc(C)c2c(c1)CC(CC(=O)O)CC2. The molecule has 16 heavy (non-hydrogen) atoms. The van der Waals surface area contributed by atoms with E-state index in [1.165, 1.54) is 22.3 Å². The number of carboxylic acids is 1. The summed E-state index contributed by atoms with van der Waals surface area (Å²) in [7, 11) is 0. The summed E-state index contributed by atoms with van der Waals surface area (Å²) in [6.45, 7) is 4.26. The number of rotatable bonds is 2. The Kier molecular flexibility index (Phi) is 2.99. The summed E-state index contributed by atoms with van der Waals surface area (Å²) < 4.78 is 0. The molecule has 0 saturated carbocycles. The van der Waals surface area contributed by atoms with Crippen LogP contribution in [0.1, 0.15) is 35.1 Å². The zero-order chi connectivity index (χ0) is 11.7. The number of aryl methyl sites for hydroxylation is 2. The van der Waals surface area contributed by atoms with Gasteiger partial charge in [0.05, 0.1) is 0 Å². The lowest BCUT2D eigenvalue weighted by molar-refractivity contribution is -0.138. The Bertz CT molecular complexity index is 421. The van der Waals surface area contributed by atoms with Gasteiger partial charge < -0.3 is 5.11 Å². The van der Waals surface area contributed by atoms with Crippen molar-refractivity contribution < 1.29 is 9.90 Å². The summed E-state index contributed by atoms with van der Waals surface area (Å²) in [5, 5.41) is 8.82. The van der Waals surface area contributed by atoms with E-state index in [-0.39, 0.29) is 0 Å². The summed E-state index contributed by atoms with van der Waals surface area (Å²) in [6, 6.07) is 4.44. The first kappa shape index (κ1) is 11.2. The van der Waals surface area contributed by atoms with E-state index in [4.69, 9.17) is 5.11 Å². The Morgan fingerprint density at radius 3 is 2.88 bits per heavy atom. The van der Waals surface area contributed by atoms with Crippen LogP contribution in [0, 0.1) is 19.8 Å². The number of hydrogen-bond acceptors (Lipinski definition) is 1. The zero-order valence-electron chi connectivity index (χ0n) is 9.92. The third-order valence-electron chi connectivity index (χ3n) is 3.48. The molecule has 1 aromatic carbocycles. The minimum atomic E-state index is -0.669. The molecule has 2 rings (SSSR count). The fourth-order valence-electron chi connectivity index (χ4n) is 2.81. The number of carbonyl (C=O) groups is 1. The standard InChI is InChI=1S/C14H18O2/c1-9-5-10(2)13-4-3-11(8-14(15)16)7-12(13)6-9/h5-6,11H,3-4,7-8H2,1-2H3,(H,15,16). The number of fused-ring (bicyclic) bond motifs is 1. The molecule has 0 saturated heterocycles. The van der Waals surface area contributed by atoms with Gasteiger partial charge in [-0.25, -0.2) is 0 Å². The van der Waals surface area contributed by atoms with Crippen molar-refractivity contribution in [2.45, 2.75) is 39.5 Å². The Morgan fingerprint density at radius 1 is 1.44 bits per heavy atom. The Morgan fingerprint density at radius 2 is 2.19 bits per heavy atom. The summed E-state index contributed by atoms with van der Waals surface area (Å²) in [6.07, 6.45) is 3.30. The van der Waals surface area contributed by atoms with Crippen molar-refractivity contribution in [2.75, 3.05) is 0 Å². The first-order valence-corrected chi connectivity index (χ1v) is 5.87. The van der Waals surface area contributed by atoms with Crippen LogP contribution in [0.4, 0.5) is 0 Å². The van der Waals surface area contributed by atoms with Crippen molar-refractivity contribution in [1.82, 2.24) is 0 Å². The van der Waals surface area contributed by atoms with Crippen molar-refractivity contribution in [2.24, 2.45) is 5.92 Å². The molecule has 0 bridgehead atoms. The number of hydrogen-bond donors (Lipinski definition) is 1. The van der Waals surface area contributed by atoms with Gasteiger partial charge in [-0.2, -0.15) is 0 Å². The van der Waals surface area contributed by atoms with Gasteiger partial charge in [0.15, 0.2) is 0 Å². The molecule has 2 nitrogen and oxygen atoms in total. The van der Waals surface area contributed by atoms with Gasteiger partial charge in [0.1, 0.15) is 0 Å². The van der Waals surface area contributed by atoms with E-state index in [1.54, 1.807) is 0 Å². The second kappa shape index (κ2) is 4.28. The average molecular weight is 218 g/mol. The second-order valence-electron chi connectivity index (χ2n) is 4.93. The highest BCUT2D eigenvalue weighted by Gasteiger charge is 2.21. The van der Waals surface area contributed by atoms with Crippen molar-refractivity contribution in [3.63, 3.8) is 0 Å². The van der Waals surface area contributed by atoms with Gasteiger partial charge in [-0.1, -0.05) is 17.7 Å². The van der Waals surface area contributed by atoms with Crippen LogP contribution in [0.2, 0.25) is 0 Å². The van der Waals surface area contributed by atoms with Gasteiger partial charge in [-0.15, -0.1) is 0 Å². The van der Waals surface area contributed by atoms with Gasteiger partial charge in [-0.05, 0) is 55.7 Å². The molecule has 86 valence electrons. The van der Waals surface area contributed by atoms with E-state index in [2.05, 4.69) is 26.0 Å². The van der Waals surface area contributed by atoms with Gasteiger partial charge in [0.25, 0.3) is 0 Å². The predicted molar refractivity (Wildman–Crippen MR) is 63.7 cm³/mol. The highest BCUT2D eigenvalue weighted by Crippen LogP contribution is 2.30. The predicted octanol–water partition coefficient (Wildman–Crippen LogP) is 2.88. The van der Waals surface area contributed by atoms with Crippen molar-refractivity contribution in [1.29, 1.82) is 0 Å². The molecule has 1 atom stereocenters. The molecule has 1 aliphatic rings. The Balaban J connectivity index is 2.23.